The van der Waals surface area contributed by atoms with Gasteiger partial charge in [-0.15, -0.1) is 0 Å². The zero-order valence-electron chi connectivity index (χ0n) is 16.9. The van der Waals surface area contributed by atoms with Gasteiger partial charge in [-0.2, -0.15) is 0 Å². The maximum absolute atomic E-state index is 13.0. The quantitative estimate of drug-likeness (QED) is 0.304. The average molecular weight is 496 g/mol. The topological polar surface area (TPSA) is 108 Å². The molecule has 162 valence electrons. The molecule has 1 atom stereocenters. The first-order valence-electron chi connectivity index (χ1n) is 9.69. The van der Waals surface area contributed by atoms with E-state index in [-0.39, 0.29) is 17.8 Å². The number of rotatable bonds is 5. The molecule has 1 fully saturated rings. The highest BCUT2D eigenvalue weighted by molar-refractivity contribution is 9.10. The third-order valence-electron chi connectivity index (χ3n) is 5.26. The van der Waals surface area contributed by atoms with Crippen molar-refractivity contribution in [1.82, 2.24) is 0 Å². The summed E-state index contributed by atoms with van der Waals surface area (Å²) in [5.41, 5.74) is 2.11. The molecule has 0 saturated carbocycles. The number of hydrogen-bond acceptors (Lipinski definition) is 5. The van der Waals surface area contributed by atoms with Crippen LogP contribution >= 0.6 is 15.9 Å². The zero-order valence-corrected chi connectivity index (χ0v) is 18.5. The third-order valence-corrected chi connectivity index (χ3v) is 6.15. The Bertz CT molecular complexity index is 1240. The average Bonchev–Trinajstić information content (AvgIpc) is 3.37. The summed E-state index contributed by atoms with van der Waals surface area (Å²) in [4.78, 5) is 38.3. The normalized spacial score (nSPS) is 17.7. The molecule has 3 aromatic rings. The molecule has 1 unspecified atom stereocenters. The molecule has 4 rings (SSSR count). The van der Waals surface area contributed by atoms with Crippen molar-refractivity contribution in [3.8, 4) is 0 Å². The van der Waals surface area contributed by atoms with Crippen LogP contribution < -0.4 is 4.90 Å². The van der Waals surface area contributed by atoms with Gasteiger partial charge in [0.05, 0.1) is 18.3 Å². The van der Waals surface area contributed by atoms with E-state index in [4.69, 9.17) is 9.52 Å². The molecule has 2 aromatic carbocycles. The van der Waals surface area contributed by atoms with E-state index in [0.717, 1.165) is 10.0 Å². The van der Waals surface area contributed by atoms with Crippen molar-refractivity contribution in [3.05, 3.63) is 93.4 Å². The van der Waals surface area contributed by atoms with E-state index in [1.54, 1.807) is 54.6 Å². The fourth-order valence-electron chi connectivity index (χ4n) is 3.71. The van der Waals surface area contributed by atoms with Crippen LogP contribution in [0.15, 0.2) is 75.3 Å². The second kappa shape index (κ2) is 8.47. The van der Waals surface area contributed by atoms with Gasteiger partial charge < -0.3 is 14.6 Å². The lowest BCUT2D eigenvalue weighted by Gasteiger charge is -2.23. The Morgan fingerprint density at radius 1 is 1.09 bits per heavy atom. The number of ketones is 1. The minimum absolute atomic E-state index is 0.0821. The zero-order chi connectivity index (χ0) is 23.0. The number of carbonyl (C=O) groups excluding carboxylic acids is 2. The molecule has 1 aromatic heterocycles. The minimum atomic E-state index is -0.974. The molecular formula is C24H18BrNO6. The molecule has 1 amide bonds. The van der Waals surface area contributed by atoms with Crippen molar-refractivity contribution in [2.24, 2.45) is 0 Å². The number of hydrogen-bond donors (Lipinski definition) is 2. The van der Waals surface area contributed by atoms with Gasteiger partial charge in [0.1, 0.15) is 17.6 Å². The SMILES string of the molecule is Cc1cc(/C(O)=C2/C(=O)C(=O)N(c3ccc(CC(=O)O)cc3)C2c2ccco2)ccc1Br. The highest BCUT2D eigenvalue weighted by Gasteiger charge is 2.48. The summed E-state index contributed by atoms with van der Waals surface area (Å²) in [5.74, 6) is -2.61. The Hall–Kier alpha value is -3.65. The molecule has 2 heterocycles. The smallest absolute Gasteiger partial charge is 0.307 e. The number of halogens is 1. The molecule has 8 heteroatoms. The Morgan fingerprint density at radius 2 is 1.81 bits per heavy atom. The molecule has 1 saturated heterocycles. The number of amides is 1. The van der Waals surface area contributed by atoms with Crippen LogP contribution in [0.25, 0.3) is 5.76 Å². The highest BCUT2D eigenvalue weighted by Crippen LogP contribution is 2.42. The van der Waals surface area contributed by atoms with E-state index in [1.165, 1.54) is 11.2 Å². The summed E-state index contributed by atoms with van der Waals surface area (Å²) in [6.45, 7) is 1.85. The van der Waals surface area contributed by atoms with E-state index in [2.05, 4.69) is 15.9 Å². The van der Waals surface area contributed by atoms with Crippen molar-refractivity contribution in [2.45, 2.75) is 19.4 Å². The van der Waals surface area contributed by atoms with Gasteiger partial charge in [0.15, 0.2) is 0 Å². The van der Waals surface area contributed by atoms with Gasteiger partial charge in [0.2, 0.25) is 0 Å². The monoisotopic (exact) mass is 495 g/mol. The summed E-state index contributed by atoms with van der Waals surface area (Å²) in [6.07, 6.45) is 1.26. The number of carbonyl (C=O) groups is 3. The van der Waals surface area contributed by atoms with Crippen LogP contribution in [-0.2, 0) is 20.8 Å². The van der Waals surface area contributed by atoms with Crippen LogP contribution in [0.2, 0.25) is 0 Å². The fraction of sp³-hybridized carbons (Fsp3) is 0.125. The molecular weight excluding hydrogens is 478 g/mol. The Labute approximate surface area is 191 Å². The molecule has 0 bridgehead atoms. The van der Waals surface area contributed by atoms with Crippen molar-refractivity contribution >= 4 is 45.0 Å². The molecule has 7 nitrogen and oxygen atoms in total. The summed E-state index contributed by atoms with van der Waals surface area (Å²) < 4.78 is 6.37. The Kier molecular flexibility index (Phi) is 5.71. The van der Waals surface area contributed by atoms with Gasteiger partial charge in [0.25, 0.3) is 11.7 Å². The number of nitrogens with zero attached hydrogens (tertiary/aromatic N) is 1. The van der Waals surface area contributed by atoms with Crippen LogP contribution in [0.5, 0.6) is 0 Å². The Balaban J connectivity index is 1.85. The van der Waals surface area contributed by atoms with Crippen LogP contribution in [-0.4, -0.2) is 27.9 Å². The third kappa shape index (κ3) is 3.85. The number of carboxylic acid groups (broad SMARTS) is 1. The lowest BCUT2D eigenvalue weighted by Crippen LogP contribution is -2.29. The van der Waals surface area contributed by atoms with Gasteiger partial charge in [0, 0.05) is 15.7 Å². The van der Waals surface area contributed by atoms with Gasteiger partial charge in [-0.05, 0) is 54.4 Å². The first-order valence-corrected chi connectivity index (χ1v) is 10.5. The van der Waals surface area contributed by atoms with E-state index >= 15 is 0 Å². The minimum Gasteiger partial charge on any atom is -0.507 e. The lowest BCUT2D eigenvalue weighted by molar-refractivity contribution is -0.136. The number of furan rings is 1. The number of aliphatic hydroxyl groups excluding tert-OH is 1. The van der Waals surface area contributed by atoms with Crippen molar-refractivity contribution in [3.63, 3.8) is 0 Å². The standard InChI is InChI=1S/C24H18BrNO6/c1-13-11-15(6-9-17(13)25)22(29)20-21(18-3-2-10-32-18)26(24(31)23(20)30)16-7-4-14(5-8-16)12-19(27)28/h2-11,21,29H,12H2,1H3,(H,27,28)/b22-20-. The van der Waals surface area contributed by atoms with E-state index < -0.39 is 23.7 Å². The molecule has 0 spiro atoms. The number of aryl methyl sites for hydroxylation is 1. The van der Waals surface area contributed by atoms with Crippen LogP contribution in [0.3, 0.4) is 0 Å². The van der Waals surface area contributed by atoms with Crippen molar-refractivity contribution in [2.75, 3.05) is 4.90 Å². The van der Waals surface area contributed by atoms with Gasteiger partial charge in [-0.3, -0.25) is 19.3 Å². The molecule has 0 radical (unpaired) electrons. The number of anilines is 1. The van der Waals surface area contributed by atoms with Crippen LogP contribution in [0.4, 0.5) is 5.69 Å². The summed E-state index contributed by atoms with van der Waals surface area (Å²) in [5, 5.41) is 20.0. The fourth-order valence-corrected chi connectivity index (χ4v) is 3.96. The summed E-state index contributed by atoms with van der Waals surface area (Å²) in [6, 6.07) is 13.7. The largest absolute Gasteiger partial charge is 0.507 e. The van der Waals surface area contributed by atoms with Gasteiger partial charge in [-0.25, -0.2) is 0 Å². The van der Waals surface area contributed by atoms with E-state index in [9.17, 15) is 19.5 Å². The first kappa shape index (κ1) is 21.6. The van der Waals surface area contributed by atoms with Crippen molar-refractivity contribution < 1.29 is 29.0 Å². The number of carboxylic acids is 1. The number of aliphatic hydroxyl groups is 1. The maximum Gasteiger partial charge on any atom is 0.307 e. The number of aliphatic carboxylic acids is 1. The number of Topliss-reactive ketones (excluding diaryl/α,β-unsaturated/α-hetero) is 1. The molecule has 32 heavy (non-hydrogen) atoms. The molecule has 1 aliphatic heterocycles. The maximum atomic E-state index is 13.0. The first-order chi connectivity index (χ1) is 15.3. The lowest BCUT2D eigenvalue weighted by atomic mass is 9.98. The summed E-state index contributed by atoms with van der Waals surface area (Å²) >= 11 is 3.41. The van der Waals surface area contributed by atoms with E-state index in [0.29, 0.717) is 22.6 Å². The van der Waals surface area contributed by atoms with Gasteiger partial charge in [-0.1, -0.05) is 34.1 Å². The predicted molar refractivity (Wildman–Crippen MR) is 120 cm³/mol. The van der Waals surface area contributed by atoms with Crippen LogP contribution in [0.1, 0.15) is 28.5 Å². The second-order valence-corrected chi connectivity index (χ2v) is 8.24. The van der Waals surface area contributed by atoms with E-state index in [1.807, 2.05) is 6.92 Å². The second-order valence-electron chi connectivity index (χ2n) is 7.39. The van der Waals surface area contributed by atoms with Gasteiger partial charge >= 0.3 is 5.97 Å². The molecule has 2 N–H and O–H groups in total. The Morgan fingerprint density at radius 3 is 2.41 bits per heavy atom. The molecule has 1 aliphatic rings. The van der Waals surface area contributed by atoms with Crippen molar-refractivity contribution in [1.29, 1.82) is 0 Å². The highest BCUT2D eigenvalue weighted by atomic mass is 79.9. The summed E-state index contributed by atoms with van der Waals surface area (Å²) in [7, 11) is 0. The predicted octanol–water partition coefficient (Wildman–Crippen LogP) is 4.60. The van der Waals surface area contributed by atoms with Crippen LogP contribution in [0, 0.1) is 6.92 Å². The molecule has 0 aliphatic carbocycles. The number of benzene rings is 2.